The second-order valence-corrected chi connectivity index (χ2v) is 4.18. The molecule has 1 nitrogen and oxygen atoms in total. The maximum absolute atomic E-state index is 3.82. The van der Waals surface area contributed by atoms with E-state index in [-0.39, 0.29) is 0 Å². The number of rotatable bonds is 2. The smallest absolute Gasteiger partial charge is 0.0309 e. The minimum atomic E-state index is 0.728. The maximum atomic E-state index is 3.82. The molecule has 1 rings (SSSR count). The van der Waals surface area contributed by atoms with Gasteiger partial charge in [-0.3, -0.25) is 0 Å². The van der Waals surface area contributed by atoms with Crippen LogP contribution in [0.15, 0.2) is 12.8 Å². The van der Waals surface area contributed by atoms with E-state index >= 15 is 0 Å². The molecule has 0 spiro atoms. The van der Waals surface area contributed by atoms with E-state index in [9.17, 15) is 0 Å². The van der Waals surface area contributed by atoms with Gasteiger partial charge < -0.3 is 4.90 Å². The molecule has 12 heavy (non-hydrogen) atoms. The van der Waals surface area contributed by atoms with Gasteiger partial charge in [-0.2, -0.15) is 0 Å². The Labute approximate surface area is 76.5 Å². The standard InChI is InChI=1S/C11H21N/c1-5-12(4)11-8-6-7-9(2)10(11)3/h5,9-11H,1,6-8H2,2-4H3. The number of hydrogen-bond acceptors (Lipinski definition) is 1. The van der Waals surface area contributed by atoms with E-state index in [0.29, 0.717) is 0 Å². The SMILES string of the molecule is C=CN(C)C1CCCC(C)C1C. The maximum Gasteiger partial charge on any atom is 0.0309 e. The highest BCUT2D eigenvalue weighted by Crippen LogP contribution is 2.32. The minimum absolute atomic E-state index is 0.728. The average Bonchev–Trinajstić information content (AvgIpc) is 2.08. The minimum Gasteiger partial charge on any atom is -0.378 e. The zero-order valence-electron chi connectivity index (χ0n) is 8.59. The summed E-state index contributed by atoms with van der Waals surface area (Å²) >= 11 is 0. The van der Waals surface area contributed by atoms with Gasteiger partial charge in [0.1, 0.15) is 0 Å². The molecule has 0 heterocycles. The van der Waals surface area contributed by atoms with Gasteiger partial charge in [0.15, 0.2) is 0 Å². The summed E-state index contributed by atoms with van der Waals surface area (Å²) in [5.74, 6) is 1.70. The van der Waals surface area contributed by atoms with Crippen molar-refractivity contribution in [1.29, 1.82) is 0 Å². The Hall–Kier alpha value is -0.460. The highest BCUT2D eigenvalue weighted by atomic mass is 15.1. The van der Waals surface area contributed by atoms with Crippen LogP contribution < -0.4 is 0 Å². The van der Waals surface area contributed by atoms with Crippen molar-refractivity contribution in [2.24, 2.45) is 11.8 Å². The summed E-state index contributed by atoms with van der Waals surface area (Å²) in [6, 6.07) is 0.728. The summed E-state index contributed by atoms with van der Waals surface area (Å²) in [5.41, 5.74) is 0. The second-order valence-electron chi connectivity index (χ2n) is 4.18. The third-order valence-corrected chi connectivity index (χ3v) is 3.47. The number of hydrogen-bond donors (Lipinski definition) is 0. The molecule has 3 atom stereocenters. The molecule has 70 valence electrons. The van der Waals surface area contributed by atoms with E-state index in [1.807, 2.05) is 6.20 Å². The van der Waals surface area contributed by atoms with Gasteiger partial charge in [0, 0.05) is 13.1 Å². The molecule has 1 aliphatic carbocycles. The van der Waals surface area contributed by atoms with Crippen LogP contribution >= 0.6 is 0 Å². The predicted octanol–water partition coefficient (Wildman–Crippen LogP) is 2.89. The molecule has 0 aliphatic heterocycles. The zero-order valence-corrected chi connectivity index (χ0v) is 8.59. The largest absolute Gasteiger partial charge is 0.378 e. The summed E-state index contributed by atoms with van der Waals surface area (Å²) in [7, 11) is 2.15. The summed E-state index contributed by atoms with van der Waals surface area (Å²) in [4.78, 5) is 2.28. The fraction of sp³-hybridized carbons (Fsp3) is 0.818. The molecule has 0 radical (unpaired) electrons. The van der Waals surface area contributed by atoms with Crippen LogP contribution in [0.2, 0.25) is 0 Å². The molecule has 0 bridgehead atoms. The van der Waals surface area contributed by atoms with Gasteiger partial charge in [-0.1, -0.05) is 33.3 Å². The lowest BCUT2D eigenvalue weighted by molar-refractivity contribution is 0.138. The first-order valence-electron chi connectivity index (χ1n) is 5.01. The summed E-state index contributed by atoms with van der Waals surface area (Å²) in [6.45, 7) is 8.56. The molecule has 3 unspecified atom stereocenters. The van der Waals surface area contributed by atoms with Crippen LogP contribution in [0.3, 0.4) is 0 Å². The lowest BCUT2D eigenvalue weighted by Gasteiger charge is -2.39. The van der Waals surface area contributed by atoms with E-state index in [4.69, 9.17) is 0 Å². The van der Waals surface area contributed by atoms with Crippen LogP contribution in [0.4, 0.5) is 0 Å². The predicted molar refractivity (Wildman–Crippen MR) is 53.9 cm³/mol. The molecule has 1 aliphatic rings. The third kappa shape index (κ3) is 1.82. The van der Waals surface area contributed by atoms with Crippen molar-refractivity contribution >= 4 is 0 Å². The molecule has 0 amide bonds. The molecule has 0 aromatic rings. The lowest BCUT2D eigenvalue weighted by atomic mass is 9.77. The normalized spacial score (nSPS) is 36.1. The lowest BCUT2D eigenvalue weighted by Crippen LogP contribution is -2.39. The molecule has 0 saturated heterocycles. The van der Waals surface area contributed by atoms with E-state index < -0.39 is 0 Å². The van der Waals surface area contributed by atoms with Gasteiger partial charge in [-0.15, -0.1) is 0 Å². The van der Waals surface area contributed by atoms with Crippen molar-refractivity contribution in [2.75, 3.05) is 7.05 Å². The second kappa shape index (κ2) is 3.97. The third-order valence-electron chi connectivity index (χ3n) is 3.47. The molecule has 1 heteroatoms. The quantitative estimate of drug-likeness (QED) is 0.611. The summed E-state index contributed by atoms with van der Waals surface area (Å²) in [5, 5.41) is 0. The molecule has 0 aromatic heterocycles. The van der Waals surface area contributed by atoms with Gasteiger partial charge in [0.05, 0.1) is 0 Å². The highest BCUT2D eigenvalue weighted by Gasteiger charge is 2.28. The van der Waals surface area contributed by atoms with Gasteiger partial charge >= 0.3 is 0 Å². The van der Waals surface area contributed by atoms with Crippen LogP contribution in [0.5, 0.6) is 0 Å². The van der Waals surface area contributed by atoms with Crippen LogP contribution in [0, 0.1) is 11.8 Å². The Bertz CT molecular complexity index is 153. The van der Waals surface area contributed by atoms with Crippen molar-refractivity contribution in [3.8, 4) is 0 Å². The Morgan fingerprint density at radius 2 is 2.00 bits per heavy atom. The first-order valence-corrected chi connectivity index (χ1v) is 5.01. The van der Waals surface area contributed by atoms with Crippen molar-refractivity contribution < 1.29 is 0 Å². The average molecular weight is 167 g/mol. The van der Waals surface area contributed by atoms with Gasteiger partial charge in [0.25, 0.3) is 0 Å². The van der Waals surface area contributed by atoms with E-state index in [1.165, 1.54) is 19.3 Å². The van der Waals surface area contributed by atoms with Gasteiger partial charge in [0.2, 0.25) is 0 Å². The molecule has 1 saturated carbocycles. The molecular weight excluding hydrogens is 146 g/mol. The molecule has 0 aromatic carbocycles. The van der Waals surface area contributed by atoms with Gasteiger partial charge in [-0.05, 0) is 24.5 Å². The fourth-order valence-electron chi connectivity index (χ4n) is 2.26. The van der Waals surface area contributed by atoms with Crippen molar-refractivity contribution in [3.63, 3.8) is 0 Å². The van der Waals surface area contributed by atoms with Crippen molar-refractivity contribution in [2.45, 2.75) is 39.2 Å². The molecule has 0 N–H and O–H groups in total. The van der Waals surface area contributed by atoms with Crippen molar-refractivity contribution in [3.05, 3.63) is 12.8 Å². The monoisotopic (exact) mass is 167 g/mol. The van der Waals surface area contributed by atoms with Gasteiger partial charge in [-0.25, -0.2) is 0 Å². The highest BCUT2D eigenvalue weighted by molar-refractivity contribution is 4.86. The van der Waals surface area contributed by atoms with E-state index in [0.717, 1.165) is 17.9 Å². The van der Waals surface area contributed by atoms with Crippen LogP contribution in [-0.2, 0) is 0 Å². The number of nitrogens with zero attached hydrogens (tertiary/aromatic N) is 1. The topological polar surface area (TPSA) is 3.24 Å². The Morgan fingerprint density at radius 3 is 2.58 bits per heavy atom. The molecule has 1 fully saturated rings. The summed E-state index contributed by atoms with van der Waals surface area (Å²) in [6.07, 6.45) is 6.09. The van der Waals surface area contributed by atoms with Crippen LogP contribution in [0.1, 0.15) is 33.1 Å². The van der Waals surface area contributed by atoms with Crippen LogP contribution in [0.25, 0.3) is 0 Å². The Balaban J connectivity index is 2.56. The first-order chi connectivity index (χ1) is 5.66. The van der Waals surface area contributed by atoms with E-state index in [2.05, 4.69) is 32.4 Å². The first kappa shape index (κ1) is 9.63. The molecular formula is C11H21N. The summed E-state index contributed by atoms with van der Waals surface area (Å²) < 4.78 is 0. The Morgan fingerprint density at radius 1 is 1.33 bits per heavy atom. The Kier molecular flexibility index (Phi) is 3.19. The van der Waals surface area contributed by atoms with Crippen LogP contribution in [-0.4, -0.2) is 18.0 Å². The van der Waals surface area contributed by atoms with Crippen molar-refractivity contribution in [1.82, 2.24) is 4.90 Å². The van der Waals surface area contributed by atoms with E-state index in [1.54, 1.807) is 0 Å². The zero-order chi connectivity index (χ0) is 9.14. The fourth-order valence-corrected chi connectivity index (χ4v) is 2.26.